The molecule has 0 spiro atoms. The first-order chi connectivity index (χ1) is 10.9. The Hall–Kier alpha value is -0.950. The van der Waals surface area contributed by atoms with E-state index in [1.165, 1.54) is 0 Å². The van der Waals surface area contributed by atoms with Crippen LogP contribution >= 0.6 is 0 Å². The van der Waals surface area contributed by atoms with Crippen molar-refractivity contribution in [2.24, 2.45) is 5.92 Å². The van der Waals surface area contributed by atoms with Crippen LogP contribution in [0.15, 0.2) is 23.1 Å². The highest BCUT2D eigenvalue weighted by molar-refractivity contribution is 7.89. The summed E-state index contributed by atoms with van der Waals surface area (Å²) in [5, 5.41) is 10.3. The molecule has 2 aliphatic rings. The van der Waals surface area contributed by atoms with E-state index >= 15 is 0 Å². The first kappa shape index (κ1) is 16.9. The number of nitrogens with zero attached hydrogens (tertiary/aromatic N) is 1. The standard InChI is InChI=1S/C17H25NO4S/c1-12-5-6-13(2)17(10-12)23(20,21)18-8-3-4-15(18)14-11-22-9-7-16(14)19/h5-6,10,14-16,19H,3-4,7-9,11H2,1-2H3/t14-,15-,16+/m1/s1. The van der Waals surface area contributed by atoms with Crippen molar-refractivity contribution < 1.29 is 18.3 Å². The van der Waals surface area contributed by atoms with Crippen molar-refractivity contribution in [2.45, 2.75) is 50.2 Å². The Morgan fingerprint density at radius 3 is 2.78 bits per heavy atom. The van der Waals surface area contributed by atoms with Gasteiger partial charge in [-0.25, -0.2) is 8.42 Å². The van der Waals surface area contributed by atoms with Crippen LogP contribution in [-0.2, 0) is 14.8 Å². The molecule has 23 heavy (non-hydrogen) atoms. The van der Waals surface area contributed by atoms with Crippen molar-refractivity contribution in [3.63, 3.8) is 0 Å². The number of hydrogen-bond acceptors (Lipinski definition) is 4. The first-order valence-electron chi connectivity index (χ1n) is 8.26. The van der Waals surface area contributed by atoms with E-state index in [1.54, 1.807) is 10.4 Å². The molecule has 2 heterocycles. The molecule has 1 N–H and O–H groups in total. The normalized spacial score (nSPS) is 29.8. The minimum Gasteiger partial charge on any atom is -0.393 e. The lowest BCUT2D eigenvalue weighted by Gasteiger charge is -2.36. The SMILES string of the molecule is Cc1ccc(C)c(S(=O)(=O)N2CCC[C@@H]2[C@H]2COCC[C@@H]2O)c1. The van der Waals surface area contributed by atoms with Gasteiger partial charge in [0.25, 0.3) is 0 Å². The zero-order chi connectivity index (χ0) is 16.6. The van der Waals surface area contributed by atoms with E-state index in [-0.39, 0.29) is 12.0 Å². The maximum atomic E-state index is 13.2. The summed E-state index contributed by atoms with van der Waals surface area (Å²) < 4.78 is 33.4. The van der Waals surface area contributed by atoms with Gasteiger partial charge in [-0.2, -0.15) is 4.31 Å². The summed E-state index contributed by atoms with van der Waals surface area (Å²) in [7, 11) is -3.55. The smallest absolute Gasteiger partial charge is 0.243 e. The highest BCUT2D eigenvalue weighted by Gasteiger charge is 2.43. The quantitative estimate of drug-likeness (QED) is 0.913. The summed E-state index contributed by atoms with van der Waals surface area (Å²) in [4.78, 5) is 0.385. The van der Waals surface area contributed by atoms with Crippen LogP contribution in [0.2, 0.25) is 0 Å². The fourth-order valence-electron chi connectivity index (χ4n) is 3.72. The van der Waals surface area contributed by atoms with E-state index in [4.69, 9.17) is 4.74 Å². The first-order valence-corrected chi connectivity index (χ1v) is 9.70. The van der Waals surface area contributed by atoms with Gasteiger partial charge in [0, 0.05) is 25.1 Å². The highest BCUT2D eigenvalue weighted by Crippen LogP contribution is 2.34. The van der Waals surface area contributed by atoms with Crippen LogP contribution in [0.25, 0.3) is 0 Å². The predicted octanol–water partition coefficient (Wildman–Crippen LogP) is 1.85. The summed E-state index contributed by atoms with van der Waals surface area (Å²) in [5.74, 6) is -0.133. The molecule has 3 rings (SSSR count). The number of aryl methyl sites for hydroxylation is 2. The largest absolute Gasteiger partial charge is 0.393 e. The van der Waals surface area contributed by atoms with Crippen molar-refractivity contribution in [2.75, 3.05) is 19.8 Å². The molecule has 5 nitrogen and oxygen atoms in total. The fraction of sp³-hybridized carbons (Fsp3) is 0.647. The Kier molecular flexibility index (Phi) is 4.78. The molecular formula is C17H25NO4S. The van der Waals surface area contributed by atoms with Crippen molar-refractivity contribution in [3.8, 4) is 0 Å². The average Bonchev–Trinajstić information content (AvgIpc) is 3.00. The Labute approximate surface area is 138 Å². The molecule has 0 bridgehead atoms. The van der Waals surface area contributed by atoms with Gasteiger partial charge in [-0.05, 0) is 50.3 Å². The Morgan fingerprint density at radius 2 is 2.04 bits per heavy atom. The highest BCUT2D eigenvalue weighted by atomic mass is 32.2. The molecule has 3 atom stereocenters. The van der Waals surface area contributed by atoms with Gasteiger partial charge in [-0.3, -0.25) is 0 Å². The number of aliphatic hydroxyl groups excluding tert-OH is 1. The Morgan fingerprint density at radius 1 is 1.26 bits per heavy atom. The van der Waals surface area contributed by atoms with Crippen LogP contribution in [0, 0.1) is 19.8 Å². The van der Waals surface area contributed by atoms with Crippen molar-refractivity contribution in [1.29, 1.82) is 0 Å². The number of sulfonamides is 1. The third kappa shape index (κ3) is 3.18. The molecule has 0 amide bonds. The molecule has 0 radical (unpaired) electrons. The number of benzene rings is 1. The molecule has 0 aromatic heterocycles. The van der Waals surface area contributed by atoms with Crippen molar-refractivity contribution in [3.05, 3.63) is 29.3 Å². The van der Waals surface area contributed by atoms with E-state index < -0.39 is 16.1 Å². The van der Waals surface area contributed by atoms with Gasteiger partial charge in [-0.1, -0.05) is 12.1 Å². The van der Waals surface area contributed by atoms with Crippen LogP contribution in [0.1, 0.15) is 30.4 Å². The van der Waals surface area contributed by atoms with Crippen LogP contribution < -0.4 is 0 Å². The molecule has 0 aliphatic carbocycles. The van der Waals surface area contributed by atoms with Crippen LogP contribution in [0.4, 0.5) is 0 Å². The van der Waals surface area contributed by atoms with Gasteiger partial charge >= 0.3 is 0 Å². The van der Waals surface area contributed by atoms with Gasteiger partial charge in [-0.15, -0.1) is 0 Å². The Bertz CT molecular complexity index is 673. The molecule has 1 aromatic carbocycles. The molecule has 1 aromatic rings. The maximum absolute atomic E-state index is 13.2. The maximum Gasteiger partial charge on any atom is 0.243 e. The van der Waals surface area contributed by atoms with Gasteiger partial charge in [0.1, 0.15) is 0 Å². The second kappa shape index (κ2) is 6.51. The minimum absolute atomic E-state index is 0.133. The topological polar surface area (TPSA) is 66.8 Å². The lowest BCUT2D eigenvalue weighted by Crippen LogP contribution is -2.48. The molecule has 2 saturated heterocycles. The fourth-order valence-corrected chi connectivity index (χ4v) is 5.77. The van der Waals surface area contributed by atoms with E-state index in [0.717, 1.165) is 24.0 Å². The molecule has 2 aliphatic heterocycles. The molecule has 6 heteroatoms. The summed E-state index contributed by atoms with van der Waals surface area (Å²) in [5.41, 5.74) is 1.70. The summed E-state index contributed by atoms with van der Waals surface area (Å²) >= 11 is 0. The molecule has 2 fully saturated rings. The minimum atomic E-state index is -3.55. The monoisotopic (exact) mass is 339 g/mol. The molecule has 0 unspecified atom stereocenters. The number of hydrogen-bond donors (Lipinski definition) is 1. The van der Waals surface area contributed by atoms with E-state index in [1.807, 2.05) is 26.0 Å². The molecule has 128 valence electrons. The number of rotatable bonds is 3. The Balaban J connectivity index is 1.93. The lowest BCUT2D eigenvalue weighted by molar-refractivity contribution is -0.0543. The van der Waals surface area contributed by atoms with Crippen molar-refractivity contribution in [1.82, 2.24) is 4.31 Å². The summed E-state index contributed by atoms with van der Waals surface area (Å²) in [6, 6.07) is 5.35. The van der Waals surface area contributed by atoms with E-state index in [9.17, 15) is 13.5 Å². The third-order valence-corrected chi connectivity index (χ3v) is 7.10. The second-order valence-corrected chi connectivity index (χ2v) is 8.55. The number of aliphatic hydroxyl groups is 1. The summed E-state index contributed by atoms with van der Waals surface area (Å²) in [6.45, 7) is 5.23. The van der Waals surface area contributed by atoms with Crippen molar-refractivity contribution >= 4 is 10.0 Å². The predicted molar refractivity (Wildman–Crippen MR) is 87.8 cm³/mol. The van der Waals surface area contributed by atoms with Gasteiger partial charge < -0.3 is 9.84 Å². The average molecular weight is 339 g/mol. The second-order valence-electron chi connectivity index (χ2n) is 6.69. The van der Waals surface area contributed by atoms with Crippen LogP contribution in [0.5, 0.6) is 0 Å². The summed E-state index contributed by atoms with van der Waals surface area (Å²) in [6.07, 6.45) is 1.72. The third-order valence-electron chi connectivity index (χ3n) is 5.04. The molecule has 0 saturated carbocycles. The zero-order valence-electron chi connectivity index (χ0n) is 13.7. The van der Waals surface area contributed by atoms with E-state index in [2.05, 4.69) is 0 Å². The van der Waals surface area contributed by atoms with Gasteiger partial charge in [0.2, 0.25) is 10.0 Å². The van der Waals surface area contributed by atoms with Crippen LogP contribution in [0.3, 0.4) is 0 Å². The molecular weight excluding hydrogens is 314 g/mol. The van der Waals surface area contributed by atoms with Crippen LogP contribution in [-0.4, -0.2) is 49.7 Å². The zero-order valence-corrected chi connectivity index (χ0v) is 14.6. The van der Waals surface area contributed by atoms with E-state index in [0.29, 0.717) is 31.1 Å². The van der Waals surface area contributed by atoms with Gasteiger partial charge in [0.15, 0.2) is 0 Å². The lowest BCUT2D eigenvalue weighted by atomic mass is 9.90. The number of ether oxygens (including phenoxy) is 1. The van der Waals surface area contributed by atoms with Gasteiger partial charge in [0.05, 0.1) is 17.6 Å².